The van der Waals surface area contributed by atoms with Crippen LogP contribution in [-0.2, 0) is 20.0 Å². The fraction of sp³-hybridized carbons (Fsp3) is 0.368. The van der Waals surface area contributed by atoms with Gasteiger partial charge in [0.1, 0.15) is 0 Å². The van der Waals surface area contributed by atoms with Crippen LogP contribution in [0, 0.1) is 20.8 Å². The second-order valence-electron chi connectivity index (χ2n) is 6.74. The van der Waals surface area contributed by atoms with Gasteiger partial charge in [0.25, 0.3) is 10.0 Å². The molecule has 2 rings (SSSR count). The summed E-state index contributed by atoms with van der Waals surface area (Å²) < 4.78 is 53.8. The highest BCUT2D eigenvalue weighted by atomic mass is 32.2. The van der Waals surface area contributed by atoms with E-state index < -0.39 is 20.0 Å². The third kappa shape index (κ3) is 4.22. The van der Waals surface area contributed by atoms with Crippen LogP contribution in [-0.4, -0.2) is 53.5 Å². The van der Waals surface area contributed by atoms with Crippen molar-refractivity contribution in [3.8, 4) is 0 Å². The summed E-state index contributed by atoms with van der Waals surface area (Å²) in [5.41, 5.74) is 2.36. The molecule has 0 aromatic heterocycles. The van der Waals surface area contributed by atoms with Crippen LogP contribution in [0.1, 0.15) is 16.7 Å². The molecule has 1 N–H and O–H groups in total. The molecule has 7 nitrogen and oxygen atoms in total. The normalized spacial score (nSPS) is 12.4. The molecule has 0 aliphatic rings. The maximum absolute atomic E-state index is 13.0. The molecule has 0 heterocycles. The first-order valence-electron chi connectivity index (χ1n) is 8.67. The summed E-state index contributed by atoms with van der Waals surface area (Å²) in [6.45, 7) is 4.89. The van der Waals surface area contributed by atoms with Gasteiger partial charge in [-0.25, -0.2) is 16.8 Å². The number of nitrogens with zero attached hydrogens (tertiary/aromatic N) is 2. The smallest absolute Gasteiger partial charge is 0.264 e. The quantitative estimate of drug-likeness (QED) is 0.731. The number of aliphatic hydroxyl groups is 1. The minimum atomic E-state index is -3.87. The van der Waals surface area contributed by atoms with Crippen LogP contribution < -0.4 is 4.31 Å². The molecule has 154 valence electrons. The zero-order chi connectivity index (χ0) is 21.3. The number of benzene rings is 2. The van der Waals surface area contributed by atoms with Crippen molar-refractivity contribution in [3.63, 3.8) is 0 Å². The van der Waals surface area contributed by atoms with Gasteiger partial charge in [0.15, 0.2) is 0 Å². The van der Waals surface area contributed by atoms with Crippen molar-refractivity contribution in [2.75, 3.05) is 31.6 Å². The standard InChI is InChI=1S/C19H26N2O5S2/c1-14-6-8-17(9-7-14)27(23,24)21(5)18-13-19(16(3)12-15(18)2)28(25,26)20(4)10-11-22/h6-9,12-13,22H,10-11H2,1-5H3. The van der Waals surface area contributed by atoms with Crippen LogP contribution in [0.15, 0.2) is 46.2 Å². The maximum atomic E-state index is 13.0. The number of anilines is 1. The number of rotatable bonds is 7. The van der Waals surface area contributed by atoms with Crippen molar-refractivity contribution < 1.29 is 21.9 Å². The SMILES string of the molecule is Cc1ccc(S(=O)(=O)N(C)c2cc(S(=O)(=O)N(C)CCO)c(C)cc2C)cc1. The zero-order valence-electron chi connectivity index (χ0n) is 16.7. The number of hydrogen-bond acceptors (Lipinski definition) is 5. The molecule has 0 saturated carbocycles. The Labute approximate surface area is 167 Å². The molecule has 0 bridgehead atoms. The summed E-state index contributed by atoms with van der Waals surface area (Å²) in [6, 6.07) is 9.50. The first-order valence-corrected chi connectivity index (χ1v) is 11.5. The van der Waals surface area contributed by atoms with Crippen LogP contribution in [0.3, 0.4) is 0 Å². The molecular weight excluding hydrogens is 400 g/mol. The molecule has 0 fully saturated rings. The van der Waals surface area contributed by atoms with E-state index in [9.17, 15) is 16.8 Å². The van der Waals surface area contributed by atoms with Crippen molar-refractivity contribution in [2.45, 2.75) is 30.6 Å². The minimum Gasteiger partial charge on any atom is -0.395 e. The van der Waals surface area contributed by atoms with E-state index in [2.05, 4.69) is 0 Å². The molecule has 9 heteroatoms. The van der Waals surface area contributed by atoms with E-state index in [4.69, 9.17) is 5.11 Å². The maximum Gasteiger partial charge on any atom is 0.264 e. The first kappa shape index (κ1) is 22.4. The molecule has 0 aliphatic carbocycles. The summed E-state index contributed by atoms with van der Waals surface area (Å²) in [4.78, 5) is 0.136. The topological polar surface area (TPSA) is 95.0 Å². The molecule has 2 aromatic carbocycles. The van der Waals surface area contributed by atoms with Gasteiger partial charge in [0, 0.05) is 20.6 Å². The van der Waals surface area contributed by atoms with E-state index in [1.54, 1.807) is 32.0 Å². The molecule has 0 saturated heterocycles. The minimum absolute atomic E-state index is 0.00926. The lowest BCUT2D eigenvalue weighted by Crippen LogP contribution is -2.31. The van der Waals surface area contributed by atoms with Gasteiger partial charge in [0.2, 0.25) is 10.0 Å². The number of aliphatic hydroxyl groups excluding tert-OH is 1. The molecular formula is C19H26N2O5S2. The predicted molar refractivity (Wildman–Crippen MR) is 110 cm³/mol. The predicted octanol–water partition coefficient (Wildman–Crippen LogP) is 2.05. The van der Waals surface area contributed by atoms with Crippen molar-refractivity contribution in [3.05, 3.63) is 53.1 Å². The highest BCUT2D eigenvalue weighted by Crippen LogP contribution is 2.31. The van der Waals surface area contributed by atoms with Gasteiger partial charge < -0.3 is 5.11 Å². The number of sulfonamides is 2. The van der Waals surface area contributed by atoms with Gasteiger partial charge in [-0.15, -0.1) is 0 Å². The lowest BCUT2D eigenvalue weighted by atomic mass is 10.1. The Hall–Kier alpha value is -1.94. The molecule has 0 unspecified atom stereocenters. The largest absolute Gasteiger partial charge is 0.395 e. The summed E-state index contributed by atoms with van der Waals surface area (Å²) in [7, 11) is -4.94. The lowest BCUT2D eigenvalue weighted by Gasteiger charge is -2.24. The molecule has 0 radical (unpaired) electrons. The third-order valence-electron chi connectivity index (χ3n) is 4.62. The monoisotopic (exact) mass is 426 g/mol. The second kappa shape index (κ2) is 8.20. The average molecular weight is 427 g/mol. The summed E-state index contributed by atoms with van der Waals surface area (Å²) in [5, 5.41) is 9.06. The fourth-order valence-electron chi connectivity index (χ4n) is 2.87. The Kier molecular flexibility index (Phi) is 6.55. The molecule has 0 amide bonds. The van der Waals surface area contributed by atoms with E-state index in [0.717, 1.165) is 14.2 Å². The summed E-state index contributed by atoms with van der Waals surface area (Å²) in [5.74, 6) is 0. The van der Waals surface area contributed by atoms with Gasteiger partial charge in [-0.05, 0) is 50.1 Å². The third-order valence-corrected chi connectivity index (χ3v) is 8.40. The van der Waals surface area contributed by atoms with Gasteiger partial charge in [-0.3, -0.25) is 4.31 Å². The first-order chi connectivity index (χ1) is 12.9. The highest BCUT2D eigenvalue weighted by Gasteiger charge is 2.27. The van der Waals surface area contributed by atoms with Crippen molar-refractivity contribution in [1.82, 2.24) is 4.31 Å². The van der Waals surface area contributed by atoms with Crippen LogP contribution >= 0.6 is 0 Å². The summed E-state index contributed by atoms with van der Waals surface area (Å²) >= 11 is 0. The van der Waals surface area contributed by atoms with E-state index in [1.165, 1.54) is 32.3 Å². The Morgan fingerprint density at radius 2 is 1.43 bits per heavy atom. The Balaban J connectivity index is 2.58. The second-order valence-corrected chi connectivity index (χ2v) is 10.7. The Bertz CT molecular complexity index is 1060. The van der Waals surface area contributed by atoms with Gasteiger partial charge >= 0.3 is 0 Å². The van der Waals surface area contributed by atoms with Crippen molar-refractivity contribution in [2.24, 2.45) is 0 Å². The van der Waals surface area contributed by atoms with Crippen LogP contribution in [0.25, 0.3) is 0 Å². The van der Waals surface area contributed by atoms with Gasteiger partial charge in [-0.2, -0.15) is 4.31 Å². The number of hydrogen-bond donors (Lipinski definition) is 1. The Morgan fingerprint density at radius 1 is 0.857 bits per heavy atom. The Morgan fingerprint density at radius 3 is 1.96 bits per heavy atom. The fourth-order valence-corrected chi connectivity index (χ4v) is 5.50. The van der Waals surface area contributed by atoms with E-state index in [0.29, 0.717) is 11.1 Å². The van der Waals surface area contributed by atoms with Crippen molar-refractivity contribution in [1.29, 1.82) is 0 Å². The highest BCUT2D eigenvalue weighted by molar-refractivity contribution is 7.92. The van der Waals surface area contributed by atoms with Gasteiger partial charge in [-0.1, -0.05) is 23.8 Å². The van der Waals surface area contributed by atoms with E-state index in [1.807, 2.05) is 6.92 Å². The summed E-state index contributed by atoms with van der Waals surface area (Å²) in [6.07, 6.45) is 0. The van der Waals surface area contributed by atoms with Crippen LogP contribution in [0.2, 0.25) is 0 Å². The zero-order valence-corrected chi connectivity index (χ0v) is 18.3. The molecule has 28 heavy (non-hydrogen) atoms. The molecule has 0 atom stereocenters. The lowest BCUT2D eigenvalue weighted by molar-refractivity contribution is 0.266. The molecule has 2 aromatic rings. The van der Waals surface area contributed by atoms with Crippen LogP contribution in [0.5, 0.6) is 0 Å². The van der Waals surface area contributed by atoms with Crippen LogP contribution in [0.4, 0.5) is 5.69 Å². The molecule has 0 aliphatic heterocycles. The van der Waals surface area contributed by atoms with E-state index in [-0.39, 0.29) is 28.6 Å². The van der Waals surface area contributed by atoms with E-state index >= 15 is 0 Å². The average Bonchev–Trinajstić information content (AvgIpc) is 2.61. The number of likely N-dealkylation sites (N-methyl/N-ethyl adjacent to an activating group) is 1. The molecule has 0 spiro atoms. The van der Waals surface area contributed by atoms with Gasteiger partial charge in [0.05, 0.1) is 22.1 Å². The number of aryl methyl sites for hydroxylation is 3. The van der Waals surface area contributed by atoms with Crippen molar-refractivity contribution >= 4 is 25.7 Å².